The van der Waals surface area contributed by atoms with Gasteiger partial charge in [0.1, 0.15) is 34.6 Å². The number of carbonyl (C=O) groups is 1. The third-order valence-corrected chi connectivity index (χ3v) is 7.40. The summed E-state index contributed by atoms with van der Waals surface area (Å²) in [6.45, 7) is 5.10. The number of benzene rings is 3. The predicted octanol–water partition coefficient (Wildman–Crippen LogP) is 5.60. The van der Waals surface area contributed by atoms with E-state index in [4.69, 9.17) is 9.47 Å². The van der Waals surface area contributed by atoms with Crippen molar-refractivity contribution in [3.63, 3.8) is 0 Å². The van der Waals surface area contributed by atoms with Gasteiger partial charge in [0.05, 0.1) is 17.9 Å². The van der Waals surface area contributed by atoms with Crippen molar-refractivity contribution in [1.82, 2.24) is 0 Å². The Hall–Kier alpha value is -3.46. The number of halogens is 2. The van der Waals surface area contributed by atoms with Crippen LogP contribution in [-0.2, 0) is 14.6 Å². The Balaban J connectivity index is 1.97. The molecule has 0 radical (unpaired) electrons. The molecule has 0 saturated carbocycles. The number of hydrogen-bond donors (Lipinski definition) is 1. The lowest BCUT2D eigenvalue weighted by molar-refractivity contribution is -0.146. The maximum absolute atomic E-state index is 15.1. The fourth-order valence-corrected chi connectivity index (χ4v) is 4.80. The van der Waals surface area contributed by atoms with Crippen molar-refractivity contribution in [2.75, 3.05) is 13.7 Å². The predicted molar refractivity (Wildman–Crippen MR) is 126 cm³/mol. The van der Waals surface area contributed by atoms with Crippen LogP contribution >= 0.6 is 0 Å². The minimum atomic E-state index is -4.16. The maximum atomic E-state index is 15.1. The van der Waals surface area contributed by atoms with E-state index in [-0.39, 0.29) is 28.4 Å². The number of aliphatic carboxylic acids is 1. The van der Waals surface area contributed by atoms with Crippen LogP contribution in [0.25, 0.3) is 11.1 Å². The largest absolute Gasteiger partial charge is 0.497 e. The molecule has 186 valence electrons. The number of methoxy groups -OCH3 is 1. The third-order valence-electron chi connectivity index (χ3n) is 5.59. The molecular formula is C26H26F2O6S. The van der Waals surface area contributed by atoms with E-state index >= 15 is 4.39 Å². The quantitative estimate of drug-likeness (QED) is 0.430. The number of rotatable bonds is 8. The molecule has 0 aliphatic carbocycles. The zero-order valence-corrected chi connectivity index (χ0v) is 20.5. The van der Waals surface area contributed by atoms with E-state index in [9.17, 15) is 22.7 Å². The van der Waals surface area contributed by atoms with Gasteiger partial charge >= 0.3 is 5.97 Å². The highest BCUT2D eigenvalue weighted by Crippen LogP contribution is 2.35. The summed E-state index contributed by atoms with van der Waals surface area (Å²) in [5, 5.41) is 9.53. The van der Waals surface area contributed by atoms with Crippen LogP contribution in [0.4, 0.5) is 8.78 Å². The fourth-order valence-electron chi connectivity index (χ4n) is 3.49. The van der Waals surface area contributed by atoms with Crippen molar-refractivity contribution in [2.45, 2.75) is 30.6 Å². The van der Waals surface area contributed by atoms with Crippen LogP contribution in [0.15, 0.2) is 70.5 Å². The summed E-state index contributed by atoms with van der Waals surface area (Å²) >= 11 is 0. The van der Waals surface area contributed by atoms with E-state index in [2.05, 4.69) is 0 Å². The molecule has 1 atom stereocenters. The molecule has 0 bridgehead atoms. The normalized spacial score (nSPS) is 12.7. The second-order valence-corrected chi connectivity index (χ2v) is 11.0. The molecule has 3 aromatic carbocycles. The Morgan fingerprint density at radius 1 is 1.00 bits per heavy atom. The lowest BCUT2D eigenvalue weighted by atomic mass is 9.81. The maximum Gasteiger partial charge on any atom is 0.310 e. The molecule has 0 aliphatic heterocycles. The second kappa shape index (κ2) is 10.0. The van der Waals surface area contributed by atoms with Crippen molar-refractivity contribution in [1.29, 1.82) is 0 Å². The zero-order chi connectivity index (χ0) is 26.0. The first kappa shape index (κ1) is 26.2. The van der Waals surface area contributed by atoms with Crippen LogP contribution in [0.1, 0.15) is 20.8 Å². The number of sulfone groups is 1. The molecule has 0 amide bonds. The van der Waals surface area contributed by atoms with Crippen LogP contribution in [0.5, 0.6) is 11.5 Å². The molecule has 1 unspecified atom stereocenters. The molecule has 0 fully saturated rings. The second-order valence-electron chi connectivity index (χ2n) is 9.03. The lowest BCUT2D eigenvalue weighted by Crippen LogP contribution is -2.33. The van der Waals surface area contributed by atoms with Crippen molar-refractivity contribution >= 4 is 15.8 Å². The highest BCUT2D eigenvalue weighted by atomic mass is 32.2. The average molecular weight is 505 g/mol. The summed E-state index contributed by atoms with van der Waals surface area (Å²) < 4.78 is 65.7. The summed E-state index contributed by atoms with van der Waals surface area (Å²) in [5.41, 5.74) is -0.265. The molecule has 3 aromatic rings. The van der Waals surface area contributed by atoms with Crippen molar-refractivity contribution in [2.24, 2.45) is 11.3 Å². The van der Waals surface area contributed by atoms with Crippen LogP contribution in [-0.4, -0.2) is 33.2 Å². The van der Waals surface area contributed by atoms with Gasteiger partial charge < -0.3 is 14.6 Å². The van der Waals surface area contributed by atoms with E-state index in [1.165, 1.54) is 43.5 Å². The van der Waals surface area contributed by atoms with Crippen LogP contribution < -0.4 is 9.47 Å². The molecule has 0 aliphatic rings. The van der Waals surface area contributed by atoms with Gasteiger partial charge in [0, 0.05) is 5.56 Å². The molecule has 35 heavy (non-hydrogen) atoms. The fraction of sp³-hybridized carbons (Fsp3) is 0.269. The van der Waals surface area contributed by atoms with Gasteiger partial charge in [-0.1, -0.05) is 26.8 Å². The summed E-state index contributed by atoms with van der Waals surface area (Å²) in [7, 11) is -2.72. The molecule has 0 saturated heterocycles. The van der Waals surface area contributed by atoms with E-state index in [0.717, 1.165) is 24.3 Å². The molecule has 9 heteroatoms. The average Bonchev–Trinajstić information content (AvgIpc) is 2.78. The molecular weight excluding hydrogens is 478 g/mol. The highest BCUT2D eigenvalue weighted by Gasteiger charge is 2.32. The van der Waals surface area contributed by atoms with Crippen molar-refractivity contribution in [3.8, 4) is 22.6 Å². The molecule has 0 spiro atoms. The first-order valence-electron chi connectivity index (χ1n) is 10.7. The zero-order valence-electron chi connectivity index (χ0n) is 19.7. The van der Waals surface area contributed by atoms with Crippen LogP contribution in [0.2, 0.25) is 0 Å². The molecule has 6 nitrogen and oxygen atoms in total. The Morgan fingerprint density at radius 3 is 2.20 bits per heavy atom. The number of ether oxygens (including phenoxy) is 2. The highest BCUT2D eigenvalue weighted by molar-refractivity contribution is 7.91. The van der Waals surface area contributed by atoms with Gasteiger partial charge in [-0.3, -0.25) is 4.79 Å². The number of carboxylic acid groups (broad SMARTS) is 1. The minimum absolute atomic E-state index is 0.110. The van der Waals surface area contributed by atoms with Gasteiger partial charge in [-0.15, -0.1) is 0 Å². The van der Waals surface area contributed by atoms with Crippen LogP contribution in [0, 0.1) is 23.0 Å². The van der Waals surface area contributed by atoms with Crippen molar-refractivity contribution < 1.29 is 36.6 Å². The topological polar surface area (TPSA) is 89.9 Å². The smallest absolute Gasteiger partial charge is 0.310 e. The third kappa shape index (κ3) is 5.79. The van der Waals surface area contributed by atoms with Gasteiger partial charge in [-0.25, -0.2) is 17.2 Å². The van der Waals surface area contributed by atoms with Gasteiger partial charge in [0.25, 0.3) is 0 Å². The molecule has 0 heterocycles. The van der Waals surface area contributed by atoms with E-state index < -0.39 is 43.7 Å². The Kier molecular flexibility index (Phi) is 7.50. The Labute approximate surface area is 203 Å². The SMILES string of the molecule is COc1ccc(S(=O)(=O)c2ccc(-c3cc(F)ccc3OCC(C(=O)O)C(C)(C)C)cc2F)cc1. The lowest BCUT2D eigenvalue weighted by Gasteiger charge is -2.27. The molecule has 0 aromatic heterocycles. The first-order valence-corrected chi connectivity index (χ1v) is 12.2. The van der Waals surface area contributed by atoms with Gasteiger partial charge in [-0.2, -0.15) is 0 Å². The first-order chi connectivity index (χ1) is 16.3. The van der Waals surface area contributed by atoms with Crippen molar-refractivity contribution in [3.05, 3.63) is 72.3 Å². The summed E-state index contributed by atoms with van der Waals surface area (Å²) in [5.74, 6) is -2.93. The van der Waals surface area contributed by atoms with Crippen LogP contribution in [0.3, 0.4) is 0 Å². The van der Waals surface area contributed by atoms with E-state index in [0.29, 0.717) is 5.75 Å². The van der Waals surface area contributed by atoms with Gasteiger partial charge in [0.15, 0.2) is 0 Å². The number of carboxylic acids is 1. The van der Waals surface area contributed by atoms with Gasteiger partial charge in [-0.05, 0) is 65.6 Å². The Morgan fingerprint density at radius 2 is 1.66 bits per heavy atom. The van der Waals surface area contributed by atoms with Gasteiger partial charge in [0.2, 0.25) is 9.84 Å². The number of hydrogen-bond acceptors (Lipinski definition) is 5. The van der Waals surface area contributed by atoms with E-state index in [1.807, 2.05) is 0 Å². The minimum Gasteiger partial charge on any atom is -0.497 e. The standard InChI is InChI=1S/C26H26F2O6S/c1-26(2,3)21(25(29)30)15-34-23-11-6-17(27)14-20(23)16-5-12-24(22(28)13-16)35(31,32)19-9-7-18(33-4)8-10-19/h5-14,21H,15H2,1-4H3,(H,29,30). The summed E-state index contributed by atoms with van der Waals surface area (Å²) in [6, 6.07) is 12.6. The van der Waals surface area contributed by atoms with E-state index in [1.54, 1.807) is 20.8 Å². The molecule has 3 rings (SSSR count). The summed E-state index contributed by atoms with van der Waals surface area (Å²) in [4.78, 5) is 11.0. The molecule has 1 N–H and O–H groups in total. The summed E-state index contributed by atoms with van der Waals surface area (Å²) in [6.07, 6.45) is 0. The Bertz CT molecular complexity index is 1330. The monoisotopic (exact) mass is 504 g/mol.